The van der Waals surface area contributed by atoms with Gasteiger partial charge in [-0.05, 0) is 57.2 Å². The van der Waals surface area contributed by atoms with Crippen molar-refractivity contribution in [3.8, 4) is 0 Å². The van der Waals surface area contributed by atoms with Gasteiger partial charge in [-0.3, -0.25) is 0 Å². The van der Waals surface area contributed by atoms with Gasteiger partial charge in [0.1, 0.15) is 0 Å². The highest BCUT2D eigenvalue weighted by molar-refractivity contribution is 5.12. The molecule has 0 radical (unpaired) electrons. The first-order chi connectivity index (χ1) is 10.3. The van der Waals surface area contributed by atoms with Crippen LogP contribution in [-0.2, 0) is 0 Å². The monoisotopic (exact) mass is 292 g/mol. The van der Waals surface area contributed by atoms with Crippen LogP contribution in [0.5, 0.6) is 0 Å². The lowest BCUT2D eigenvalue weighted by Crippen LogP contribution is -2.40. The highest BCUT2D eigenvalue weighted by atomic mass is 16.3. The lowest BCUT2D eigenvalue weighted by Gasteiger charge is -2.35. The first-order valence-corrected chi connectivity index (χ1v) is 8.84. The molecule has 2 rings (SSSR count). The largest absolute Gasteiger partial charge is 0.472 e. The van der Waals surface area contributed by atoms with E-state index in [-0.39, 0.29) is 0 Å². The third-order valence-corrected chi connectivity index (χ3v) is 4.69. The molecule has 3 heteroatoms. The molecule has 21 heavy (non-hydrogen) atoms. The van der Waals surface area contributed by atoms with E-state index in [1.54, 1.807) is 6.26 Å². The van der Waals surface area contributed by atoms with Gasteiger partial charge in [0.2, 0.25) is 0 Å². The summed E-state index contributed by atoms with van der Waals surface area (Å²) >= 11 is 0. The molecule has 1 fully saturated rings. The number of rotatable bonds is 9. The van der Waals surface area contributed by atoms with Crippen molar-refractivity contribution in [1.29, 1.82) is 0 Å². The summed E-state index contributed by atoms with van der Waals surface area (Å²) in [5.41, 5.74) is 1.31. The summed E-state index contributed by atoms with van der Waals surface area (Å²) in [5, 5.41) is 7.48. The zero-order valence-electron chi connectivity index (χ0n) is 13.7. The summed E-state index contributed by atoms with van der Waals surface area (Å²) in [6, 6.07) is 3.26. The summed E-state index contributed by atoms with van der Waals surface area (Å²) in [5.74, 6) is 0.787. The van der Waals surface area contributed by atoms with Crippen LogP contribution in [0.2, 0.25) is 0 Å². The van der Waals surface area contributed by atoms with Gasteiger partial charge < -0.3 is 15.1 Å². The molecule has 1 aromatic heterocycles. The standard InChI is InChI=1S/C18H32N2O/c1-3-10-19-17-8-6-5-7-15(17)13-18(20-11-4-2)16-9-12-21-14-16/h9,12,14-15,17-20H,3-8,10-11,13H2,1-2H3. The molecular formula is C18H32N2O. The zero-order chi connectivity index (χ0) is 14.9. The third kappa shape index (κ3) is 5.15. The molecule has 120 valence electrons. The summed E-state index contributed by atoms with van der Waals surface area (Å²) in [6.45, 7) is 6.71. The van der Waals surface area contributed by atoms with Crippen molar-refractivity contribution in [2.24, 2.45) is 5.92 Å². The van der Waals surface area contributed by atoms with Crippen LogP contribution in [0.1, 0.15) is 70.4 Å². The summed E-state index contributed by atoms with van der Waals surface area (Å²) in [6.07, 6.45) is 12.8. The van der Waals surface area contributed by atoms with Crippen molar-refractivity contribution < 1.29 is 4.42 Å². The average Bonchev–Trinajstić information content (AvgIpc) is 3.04. The maximum Gasteiger partial charge on any atom is 0.0950 e. The van der Waals surface area contributed by atoms with Gasteiger partial charge >= 0.3 is 0 Å². The molecule has 0 spiro atoms. The van der Waals surface area contributed by atoms with Gasteiger partial charge in [0.15, 0.2) is 0 Å². The van der Waals surface area contributed by atoms with Gasteiger partial charge in [-0.25, -0.2) is 0 Å². The van der Waals surface area contributed by atoms with E-state index in [2.05, 4.69) is 30.5 Å². The Morgan fingerprint density at radius 2 is 2.00 bits per heavy atom. The fourth-order valence-corrected chi connectivity index (χ4v) is 3.52. The predicted molar refractivity (Wildman–Crippen MR) is 88.4 cm³/mol. The second kappa shape index (κ2) is 9.26. The Bertz CT molecular complexity index is 363. The Hall–Kier alpha value is -0.800. The molecule has 1 saturated carbocycles. The van der Waals surface area contributed by atoms with Crippen molar-refractivity contribution in [3.05, 3.63) is 24.2 Å². The van der Waals surface area contributed by atoms with E-state index in [1.165, 1.54) is 50.5 Å². The van der Waals surface area contributed by atoms with E-state index in [1.807, 2.05) is 6.26 Å². The molecule has 0 aliphatic heterocycles. The summed E-state index contributed by atoms with van der Waals surface area (Å²) in [7, 11) is 0. The minimum Gasteiger partial charge on any atom is -0.472 e. The molecule has 1 heterocycles. The maximum absolute atomic E-state index is 5.30. The lowest BCUT2D eigenvalue weighted by atomic mass is 9.79. The van der Waals surface area contributed by atoms with Crippen molar-refractivity contribution in [3.63, 3.8) is 0 Å². The van der Waals surface area contributed by atoms with Crippen molar-refractivity contribution in [2.45, 2.75) is 70.9 Å². The fraction of sp³-hybridized carbons (Fsp3) is 0.778. The Balaban J connectivity index is 1.96. The second-order valence-corrected chi connectivity index (χ2v) is 6.40. The van der Waals surface area contributed by atoms with Crippen LogP contribution in [0.4, 0.5) is 0 Å². The zero-order valence-corrected chi connectivity index (χ0v) is 13.7. The summed E-state index contributed by atoms with van der Waals surface area (Å²) in [4.78, 5) is 0. The number of hydrogen-bond acceptors (Lipinski definition) is 3. The normalized spacial score (nSPS) is 24.1. The first kappa shape index (κ1) is 16.6. The van der Waals surface area contributed by atoms with Crippen LogP contribution in [-0.4, -0.2) is 19.1 Å². The van der Waals surface area contributed by atoms with E-state index in [0.29, 0.717) is 12.1 Å². The molecular weight excluding hydrogens is 260 g/mol. The van der Waals surface area contributed by atoms with Crippen LogP contribution >= 0.6 is 0 Å². The first-order valence-electron chi connectivity index (χ1n) is 8.84. The highest BCUT2D eigenvalue weighted by Crippen LogP contribution is 2.32. The van der Waals surface area contributed by atoms with E-state index in [4.69, 9.17) is 4.42 Å². The molecule has 3 atom stereocenters. The van der Waals surface area contributed by atoms with Gasteiger partial charge in [0.05, 0.1) is 12.5 Å². The van der Waals surface area contributed by atoms with Crippen LogP contribution in [0.15, 0.2) is 23.0 Å². The van der Waals surface area contributed by atoms with E-state index < -0.39 is 0 Å². The second-order valence-electron chi connectivity index (χ2n) is 6.40. The van der Waals surface area contributed by atoms with E-state index >= 15 is 0 Å². The smallest absolute Gasteiger partial charge is 0.0950 e. The number of hydrogen-bond donors (Lipinski definition) is 2. The predicted octanol–water partition coefficient (Wildman–Crippen LogP) is 4.27. The van der Waals surface area contributed by atoms with Gasteiger partial charge in [-0.1, -0.05) is 26.7 Å². The molecule has 0 amide bonds. The fourth-order valence-electron chi connectivity index (χ4n) is 3.52. The van der Waals surface area contributed by atoms with Crippen LogP contribution in [0.25, 0.3) is 0 Å². The van der Waals surface area contributed by atoms with Crippen LogP contribution < -0.4 is 10.6 Å². The molecule has 0 saturated heterocycles. The maximum atomic E-state index is 5.30. The molecule has 1 aliphatic carbocycles. The van der Waals surface area contributed by atoms with Gasteiger partial charge in [0.25, 0.3) is 0 Å². The Kier molecular flexibility index (Phi) is 7.31. The molecule has 1 aromatic rings. The van der Waals surface area contributed by atoms with Gasteiger partial charge in [0, 0.05) is 17.6 Å². The molecule has 0 bridgehead atoms. The molecule has 0 aromatic carbocycles. The number of nitrogens with one attached hydrogen (secondary N) is 2. The Morgan fingerprint density at radius 3 is 2.71 bits per heavy atom. The third-order valence-electron chi connectivity index (χ3n) is 4.69. The Labute approximate surface area is 129 Å². The minimum atomic E-state index is 0.442. The van der Waals surface area contributed by atoms with Crippen LogP contribution in [0.3, 0.4) is 0 Å². The van der Waals surface area contributed by atoms with Gasteiger partial charge in [-0.2, -0.15) is 0 Å². The highest BCUT2D eigenvalue weighted by Gasteiger charge is 2.27. The number of furan rings is 1. The average molecular weight is 292 g/mol. The van der Waals surface area contributed by atoms with Crippen molar-refractivity contribution in [1.82, 2.24) is 10.6 Å². The quantitative estimate of drug-likeness (QED) is 0.714. The molecule has 2 N–H and O–H groups in total. The molecule has 3 unspecified atom stereocenters. The SMILES string of the molecule is CCCNC(CC1CCCCC1NCCC)c1ccoc1. The van der Waals surface area contributed by atoms with E-state index in [0.717, 1.165) is 19.0 Å². The summed E-state index contributed by atoms with van der Waals surface area (Å²) < 4.78 is 5.30. The van der Waals surface area contributed by atoms with Crippen molar-refractivity contribution in [2.75, 3.05) is 13.1 Å². The van der Waals surface area contributed by atoms with Gasteiger partial charge in [-0.15, -0.1) is 0 Å². The van der Waals surface area contributed by atoms with Crippen molar-refractivity contribution >= 4 is 0 Å². The minimum absolute atomic E-state index is 0.442. The van der Waals surface area contributed by atoms with E-state index in [9.17, 15) is 0 Å². The topological polar surface area (TPSA) is 37.2 Å². The Morgan fingerprint density at radius 1 is 1.19 bits per heavy atom. The molecule has 3 nitrogen and oxygen atoms in total. The van der Waals surface area contributed by atoms with Crippen LogP contribution in [0, 0.1) is 5.92 Å². The lowest BCUT2D eigenvalue weighted by molar-refractivity contribution is 0.228. The molecule has 1 aliphatic rings.